The van der Waals surface area contributed by atoms with E-state index in [2.05, 4.69) is 34.3 Å². The Morgan fingerprint density at radius 3 is 2.45 bits per heavy atom. The molecule has 1 saturated heterocycles. The maximum Gasteiger partial charge on any atom is 0.163 e. The van der Waals surface area contributed by atoms with Crippen molar-refractivity contribution in [2.75, 3.05) is 19.0 Å². The maximum atomic E-state index is 6.46. The van der Waals surface area contributed by atoms with Crippen LogP contribution in [0, 0.1) is 13.8 Å². The predicted octanol–water partition coefficient (Wildman–Crippen LogP) is 4.78. The Balaban J connectivity index is 1.99. The zero-order valence-corrected chi connectivity index (χ0v) is 20.4. The molecule has 0 saturated carbocycles. The number of halogens is 1. The first-order valence-corrected chi connectivity index (χ1v) is 11.0. The fourth-order valence-electron chi connectivity index (χ4n) is 4.09. The molecule has 4 rings (SSSR count). The number of hydrogen-bond donors (Lipinski definition) is 1. The van der Waals surface area contributed by atoms with Crippen molar-refractivity contribution in [1.29, 1.82) is 0 Å². The van der Waals surface area contributed by atoms with Crippen LogP contribution in [-0.2, 0) is 0 Å². The summed E-state index contributed by atoms with van der Waals surface area (Å²) >= 11 is 6.20. The van der Waals surface area contributed by atoms with Crippen LogP contribution in [0.3, 0.4) is 0 Å². The van der Waals surface area contributed by atoms with Crippen LogP contribution >= 0.6 is 11.6 Å². The number of benzene rings is 1. The Bertz CT molecular complexity index is 1320. The topological polar surface area (TPSA) is 75.0 Å². The molecule has 0 radical (unpaired) electrons. The molecule has 2 aromatic heterocycles. The minimum Gasteiger partial charge on any atom is -0.402 e. The average molecular weight is 462 g/mol. The quantitative estimate of drug-likeness (QED) is 0.605. The van der Waals surface area contributed by atoms with E-state index >= 15 is 0 Å². The van der Waals surface area contributed by atoms with E-state index in [1.54, 1.807) is 0 Å². The summed E-state index contributed by atoms with van der Waals surface area (Å²) in [6.07, 6.45) is 2.03. The third-order valence-electron chi connectivity index (χ3n) is 5.84. The van der Waals surface area contributed by atoms with E-state index in [1.165, 1.54) is 0 Å². The van der Waals surface area contributed by atoms with Gasteiger partial charge in [-0.25, -0.2) is 4.99 Å². The van der Waals surface area contributed by atoms with Crippen LogP contribution < -0.4 is 10.6 Å². The smallest absolute Gasteiger partial charge is 0.163 e. The molecular formula is C25H28ClN7. The van der Waals surface area contributed by atoms with Gasteiger partial charge in [0.25, 0.3) is 0 Å². The zero-order valence-electron chi connectivity index (χ0n) is 19.6. The number of nitrogens with two attached hydrogens (primary N) is 1. The number of aliphatic imine (C=N–C) groups is 1. The highest BCUT2D eigenvalue weighted by molar-refractivity contribution is 6.30. The van der Waals surface area contributed by atoms with Gasteiger partial charge in [-0.05, 0) is 50.1 Å². The monoisotopic (exact) mass is 461 g/mol. The first-order chi connectivity index (χ1) is 15.6. The van der Waals surface area contributed by atoms with Gasteiger partial charge in [0.2, 0.25) is 0 Å². The lowest BCUT2D eigenvalue weighted by Gasteiger charge is -2.28. The third kappa shape index (κ3) is 3.89. The van der Waals surface area contributed by atoms with Gasteiger partial charge in [0.05, 0.1) is 23.1 Å². The molecule has 3 heterocycles. The molecule has 1 atom stereocenters. The summed E-state index contributed by atoms with van der Waals surface area (Å²) in [6.45, 7) is 14.4. The molecule has 33 heavy (non-hydrogen) atoms. The number of allylic oxidation sites excluding steroid dienone is 2. The van der Waals surface area contributed by atoms with E-state index in [0.29, 0.717) is 22.3 Å². The second-order valence-corrected chi connectivity index (χ2v) is 8.90. The maximum absolute atomic E-state index is 6.46. The van der Waals surface area contributed by atoms with Gasteiger partial charge in [0.1, 0.15) is 11.6 Å². The first-order valence-electron chi connectivity index (χ1n) is 10.6. The average Bonchev–Trinajstić information content (AvgIpc) is 3.27. The number of nitrogens with zero attached hydrogens (tertiary/aromatic N) is 6. The van der Waals surface area contributed by atoms with Crippen LogP contribution in [-0.4, -0.2) is 39.3 Å². The van der Waals surface area contributed by atoms with Crippen molar-refractivity contribution in [2.24, 2.45) is 10.7 Å². The van der Waals surface area contributed by atoms with E-state index in [9.17, 15) is 0 Å². The summed E-state index contributed by atoms with van der Waals surface area (Å²) in [5.74, 6) is 1.42. The Kier molecular flexibility index (Phi) is 5.76. The summed E-state index contributed by atoms with van der Waals surface area (Å²) in [6, 6.07) is 9.64. The number of aryl methyl sites for hydroxylation is 2. The zero-order chi connectivity index (χ0) is 24.0. The lowest BCUT2D eigenvalue weighted by molar-refractivity contribution is 0.509. The van der Waals surface area contributed by atoms with Crippen LogP contribution in [0.2, 0.25) is 5.02 Å². The van der Waals surface area contributed by atoms with Crippen molar-refractivity contribution >= 4 is 28.6 Å². The SMILES string of the molecule is C=C(N=C1C(=C)N(c2cc(C)c3nnc(C)n3c2)C(c2ccc(Cl)cc2)C1=C(C)N)N(C)C. The molecule has 2 N–H and O–H groups in total. The Hall–Kier alpha value is -3.58. The number of fused-ring (bicyclic) bond motifs is 1. The molecular weight excluding hydrogens is 434 g/mol. The summed E-state index contributed by atoms with van der Waals surface area (Å²) in [4.78, 5) is 8.85. The highest BCUT2D eigenvalue weighted by Gasteiger charge is 2.40. The Morgan fingerprint density at radius 1 is 1.18 bits per heavy atom. The van der Waals surface area contributed by atoms with Gasteiger partial charge in [-0.2, -0.15) is 0 Å². The number of anilines is 1. The normalized spacial score (nSPS) is 19.0. The molecule has 1 aliphatic rings. The van der Waals surface area contributed by atoms with E-state index in [1.807, 2.05) is 74.6 Å². The van der Waals surface area contributed by atoms with Crippen molar-refractivity contribution in [3.05, 3.63) is 94.4 Å². The summed E-state index contributed by atoms with van der Waals surface area (Å²) in [7, 11) is 3.81. The standard InChI is InChI=1S/C25H28ClN7/c1-14-12-21(13-32-18(5)29-30-25(14)32)33-16(3)23(28-17(4)31(6)7)22(15(2)27)24(33)19-8-10-20(26)11-9-19/h8-13,24H,3-4,27H2,1-2,5-7H3. The van der Waals surface area contributed by atoms with Crippen molar-refractivity contribution in [3.63, 3.8) is 0 Å². The lowest BCUT2D eigenvalue weighted by Crippen LogP contribution is -2.23. The fraction of sp³-hybridized carbons (Fsp3) is 0.240. The van der Waals surface area contributed by atoms with Gasteiger partial charge >= 0.3 is 0 Å². The molecule has 1 aliphatic heterocycles. The first kappa shape index (κ1) is 22.6. The van der Waals surface area contributed by atoms with Crippen molar-refractivity contribution in [1.82, 2.24) is 19.5 Å². The van der Waals surface area contributed by atoms with Crippen molar-refractivity contribution in [3.8, 4) is 0 Å². The minimum atomic E-state index is -0.234. The highest BCUT2D eigenvalue weighted by atomic mass is 35.5. The highest BCUT2D eigenvalue weighted by Crippen LogP contribution is 2.45. The van der Waals surface area contributed by atoms with Crippen LogP contribution in [0.4, 0.5) is 5.69 Å². The minimum absolute atomic E-state index is 0.234. The number of rotatable bonds is 4. The van der Waals surface area contributed by atoms with Crippen LogP contribution in [0.5, 0.6) is 0 Å². The molecule has 0 spiro atoms. The molecule has 0 aliphatic carbocycles. The molecule has 1 unspecified atom stereocenters. The summed E-state index contributed by atoms with van der Waals surface area (Å²) < 4.78 is 1.99. The van der Waals surface area contributed by atoms with Gasteiger partial charge in [-0.1, -0.05) is 36.9 Å². The lowest BCUT2D eigenvalue weighted by atomic mass is 9.96. The number of aromatic nitrogens is 3. The molecule has 8 heteroatoms. The van der Waals surface area contributed by atoms with E-state index in [4.69, 9.17) is 22.3 Å². The molecule has 1 fully saturated rings. The number of pyridine rings is 1. The van der Waals surface area contributed by atoms with Gasteiger partial charge in [-0.15, -0.1) is 10.2 Å². The van der Waals surface area contributed by atoms with E-state index in [0.717, 1.165) is 39.6 Å². The van der Waals surface area contributed by atoms with Gasteiger partial charge < -0.3 is 15.5 Å². The largest absolute Gasteiger partial charge is 0.402 e. The van der Waals surface area contributed by atoms with E-state index in [-0.39, 0.29) is 6.04 Å². The number of hydrogen-bond acceptors (Lipinski definition) is 6. The molecule has 0 bridgehead atoms. The summed E-state index contributed by atoms with van der Waals surface area (Å²) in [5.41, 5.74) is 13.3. The molecule has 3 aromatic rings. The Labute approximate surface area is 199 Å². The van der Waals surface area contributed by atoms with Crippen molar-refractivity contribution in [2.45, 2.75) is 26.8 Å². The molecule has 1 aromatic carbocycles. The molecule has 7 nitrogen and oxygen atoms in total. The summed E-state index contributed by atoms with van der Waals surface area (Å²) in [5, 5.41) is 9.20. The third-order valence-corrected chi connectivity index (χ3v) is 6.09. The van der Waals surface area contributed by atoms with Crippen LogP contribution in [0.15, 0.2) is 77.5 Å². The van der Waals surface area contributed by atoms with E-state index < -0.39 is 0 Å². The van der Waals surface area contributed by atoms with Crippen LogP contribution in [0.1, 0.15) is 29.9 Å². The van der Waals surface area contributed by atoms with Crippen LogP contribution in [0.25, 0.3) is 5.65 Å². The Morgan fingerprint density at radius 2 is 1.85 bits per heavy atom. The van der Waals surface area contributed by atoms with Gasteiger partial charge in [0.15, 0.2) is 5.65 Å². The van der Waals surface area contributed by atoms with Gasteiger partial charge in [0, 0.05) is 36.6 Å². The molecule has 0 amide bonds. The second-order valence-electron chi connectivity index (χ2n) is 8.46. The second kappa shape index (κ2) is 8.41. The molecule has 170 valence electrons. The fourth-order valence-corrected chi connectivity index (χ4v) is 4.21. The van der Waals surface area contributed by atoms with Crippen molar-refractivity contribution < 1.29 is 0 Å². The van der Waals surface area contributed by atoms with Gasteiger partial charge in [-0.3, -0.25) is 4.40 Å². The predicted molar refractivity (Wildman–Crippen MR) is 135 cm³/mol.